The first kappa shape index (κ1) is 62.4. The van der Waals surface area contributed by atoms with Crippen molar-refractivity contribution in [1.29, 1.82) is 0 Å². The van der Waals surface area contributed by atoms with Gasteiger partial charge in [-0.2, -0.15) is 0 Å². The number of para-hydroxylation sites is 4. The minimum atomic E-state index is -0.250. The van der Waals surface area contributed by atoms with E-state index in [9.17, 15) is 0 Å². The van der Waals surface area contributed by atoms with Crippen LogP contribution in [0.3, 0.4) is 0 Å². The molecular formula is C98H76BN5. The molecule has 0 aliphatic carbocycles. The fourth-order valence-corrected chi connectivity index (χ4v) is 16.9. The summed E-state index contributed by atoms with van der Waals surface area (Å²) in [5.41, 5.74) is 22.1. The summed E-state index contributed by atoms with van der Waals surface area (Å²) in [6.45, 7) is 13.6. The molecule has 0 aromatic heterocycles. The third kappa shape index (κ3) is 10.4. The molecular weight excluding hydrogens is 1260 g/mol. The van der Waals surface area contributed by atoms with Crippen molar-refractivity contribution in [2.24, 2.45) is 0 Å². The van der Waals surface area contributed by atoms with Crippen LogP contribution in [0.15, 0.2) is 352 Å². The minimum absolute atomic E-state index is 0.0651. The van der Waals surface area contributed by atoms with E-state index < -0.39 is 0 Å². The van der Waals surface area contributed by atoms with Crippen molar-refractivity contribution >= 4 is 173 Å². The second-order valence-electron chi connectivity index (χ2n) is 30.1. The average molecular weight is 1330 g/mol. The van der Waals surface area contributed by atoms with Gasteiger partial charge in [-0.25, -0.2) is 0 Å². The number of anilines is 15. The first-order valence-electron chi connectivity index (χ1n) is 36.4. The Morgan fingerprint density at radius 2 is 0.462 bits per heavy atom. The van der Waals surface area contributed by atoms with Crippen LogP contribution in [0, 0.1) is 0 Å². The van der Waals surface area contributed by atoms with Crippen molar-refractivity contribution in [2.45, 2.75) is 52.4 Å². The average Bonchev–Trinajstić information content (AvgIpc) is 0.689. The quantitative estimate of drug-likeness (QED) is 0.0945. The summed E-state index contributed by atoms with van der Waals surface area (Å²) in [6.07, 6.45) is 0. The summed E-state index contributed by atoms with van der Waals surface area (Å²) in [4.78, 5) is 12.6. The molecule has 104 heavy (non-hydrogen) atoms. The topological polar surface area (TPSA) is 16.2 Å². The Labute approximate surface area is 609 Å². The molecule has 0 bridgehead atoms. The van der Waals surface area contributed by atoms with Crippen LogP contribution in [0.2, 0.25) is 0 Å². The Kier molecular flexibility index (Phi) is 14.7. The molecule has 2 aliphatic heterocycles. The molecule has 0 amide bonds. The van der Waals surface area contributed by atoms with E-state index in [-0.39, 0.29) is 17.5 Å². The van der Waals surface area contributed by atoms with Gasteiger partial charge in [0.15, 0.2) is 0 Å². The van der Waals surface area contributed by atoms with Crippen LogP contribution in [-0.2, 0) is 10.8 Å². The van der Waals surface area contributed by atoms with Crippen molar-refractivity contribution in [2.75, 3.05) is 24.5 Å². The molecule has 2 aliphatic rings. The van der Waals surface area contributed by atoms with Gasteiger partial charge in [0, 0.05) is 79.6 Å². The Hall–Kier alpha value is -12.6. The van der Waals surface area contributed by atoms with Gasteiger partial charge in [0.2, 0.25) is 0 Å². The molecule has 6 heteroatoms. The molecule has 19 rings (SSSR count). The maximum absolute atomic E-state index is 2.63. The maximum Gasteiger partial charge on any atom is 0.252 e. The van der Waals surface area contributed by atoms with E-state index in [1.807, 2.05) is 0 Å². The molecule has 5 nitrogen and oxygen atoms in total. The Bertz CT molecular complexity index is 5680. The van der Waals surface area contributed by atoms with Gasteiger partial charge in [-0.1, -0.05) is 260 Å². The fourth-order valence-electron chi connectivity index (χ4n) is 16.9. The van der Waals surface area contributed by atoms with Crippen LogP contribution in [0.1, 0.15) is 52.7 Å². The number of fused-ring (bicyclic) bond motifs is 16. The lowest BCUT2D eigenvalue weighted by Crippen LogP contribution is -2.61. The van der Waals surface area contributed by atoms with Gasteiger partial charge in [0.05, 0.1) is 5.69 Å². The van der Waals surface area contributed by atoms with Crippen molar-refractivity contribution < 1.29 is 0 Å². The summed E-state index contributed by atoms with van der Waals surface area (Å²) >= 11 is 0. The lowest BCUT2D eigenvalue weighted by molar-refractivity contribution is 0.590. The molecule has 0 fully saturated rings. The van der Waals surface area contributed by atoms with Crippen molar-refractivity contribution in [1.82, 2.24) is 0 Å². The van der Waals surface area contributed by atoms with E-state index >= 15 is 0 Å². The highest BCUT2D eigenvalue weighted by Crippen LogP contribution is 2.53. The first-order chi connectivity index (χ1) is 50.9. The van der Waals surface area contributed by atoms with Crippen molar-refractivity contribution in [3.8, 4) is 0 Å². The third-order valence-electron chi connectivity index (χ3n) is 21.8. The van der Waals surface area contributed by atoms with E-state index in [4.69, 9.17) is 0 Å². The molecule has 0 radical (unpaired) electrons. The molecule has 17 aromatic rings. The van der Waals surface area contributed by atoms with E-state index in [1.54, 1.807) is 0 Å². The first-order valence-corrected chi connectivity index (χ1v) is 36.4. The van der Waals surface area contributed by atoms with Gasteiger partial charge in [-0.05, 0) is 236 Å². The van der Waals surface area contributed by atoms with Crippen LogP contribution in [0.4, 0.5) is 85.3 Å². The summed E-state index contributed by atoms with van der Waals surface area (Å²) in [6, 6.07) is 132. The van der Waals surface area contributed by atoms with Gasteiger partial charge in [0.25, 0.3) is 6.71 Å². The largest absolute Gasteiger partial charge is 0.311 e. The maximum atomic E-state index is 2.63. The van der Waals surface area contributed by atoms with Crippen LogP contribution < -0.4 is 40.9 Å². The van der Waals surface area contributed by atoms with E-state index in [0.29, 0.717) is 0 Å². The molecule has 0 saturated carbocycles. The lowest BCUT2D eigenvalue weighted by atomic mass is 9.33. The second kappa shape index (κ2) is 24.6. The zero-order chi connectivity index (χ0) is 70.0. The van der Waals surface area contributed by atoms with Crippen LogP contribution in [-0.4, -0.2) is 6.71 Å². The van der Waals surface area contributed by atoms with Gasteiger partial charge >= 0.3 is 0 Å². The monoisotopic (exact) mass is 1330 g/mol. The number of nitrogens with zero attached hydrogens (tertiary/aromatic N) is 5. The smallest absolute Gasteiger partial charge is 0.252 e. The molecule has 0 atom stereocenters. The molecule has 17 aromatic carbocycles. The Morgan fingerprint density at radius 1 is 0.212 bits per heavy atom. The van der Waals surface area contributed by atoms with Gasteiger partial charge in [-0.15, -0.1) is 0 Å². The molecule has 2 heterocycles. The highest BCUT2D eigenvalue weighted by atomic mass is 15.2. The number of hydrogen-bond donors (Lipinski definition) is 0. The highest BCUT2D eigenvalue weighted by molar-refractivity contribution is 7.00. The van der Waals surface area contributed by atoms with Crippen LogP contribution in [0.5, 0.6) is 0 Å². The SMILES string of the molecule is CC(C)(C)c1ccc(N(c2ccc(C(C)(C)C)cc2)c2cc3c4c(c2)N(c2ccc5c6ccccc6c6ccccc6c5c2)c2cc(N(c5ccccc5)c5ccccc5)ccc2B4c2ccc(N(c4ccccc4)c4ccccc4)cc2N3c2ccc3c4ccccc4c4ccccc4c3c2)cc1. The van der Waals surface area contributed by atoms with Gasteiger partial charge < -0.3 is 24.5 Å². The second-order valence-corrected chi connectivity index (χ2v) is 30.1. The predicted molar refractivity (Wildman–Crippen MR) is 447 cm³/mol. The molecule has 0 unspecified atom stereocenters. The van der Waals surface area contributed by atoms with E-state index in [2.05, 4.69) is 418 Å². The van der Waals surface area contributed by atoms with Crippen molar-refractivity contribution in [3.05, 3.63) is 363 Å². The standard InChI is InChI=1S/C98H76BN5/c1-97(2,3)65-43-47-71(48-44-65)102(72-49-45-66(46-50-72)98(4,5)6)77-63-94-96-95(64-77)104(74-52-56-87-83-40-22-20-36-79(83)81-38-24-26-42-85(81)89(87)60-74)93-62-76(101(69-31-15-9-16-32-69)70-33-17-10-18-34-70)54-58-91(93)99(96)90-57-53-75(100(67-27-11-7-12-28-67)68-29-13-8-14-30-68)61-92(90)103(94)73-51-55-86-82-39-21-19-35-78(82)80-37-23-25-41-84(80)88(86)59-73/h7-64H,1-6H3. The van der Waals surface area contributed by atoms with Gasteiger partial charge in [0.1, 0.15) is 0 Å². The minimum Gasteiger partial charge on any atom is -0.311 e. The molecule has 496 valence electrons. The number of hydrogen-bond acceptors (Lipinski definition) is 5. The predicted octanol–water partition coefficient (Wildman–Crippen LogP) is 25.7. The zero-order valence-electron chi connectivity index (χ0n) is 59.3. The molecule has 0 spiro atoms. The van der Waals surface area contributed by atoms with Crippen LogP contribution in [0.25, 0.3) is 64.6 Å². The third-order valence-corrected chi connectivity index (χ3v) is 21.8. The molecule has 0 N–H and O–H groups in total. The zero-order valence-corrected chi connectivity index (χ0v) is 59.3. The van der Waals surface area contributed by atoms with Gasteiger partial charge in [-0.3, -0.25) is 0 Å². The Morgan fingerprint density at radius 3 is 0.769 bits per heavy atom. The normalized spacial score (nSPS) is 12.7. The van der Waals surface area contributed by atoms with Crippen LogP contribution >= 0.6 is 0 Å². The lowest BCUT2D eigenvalue weighted by Gasteiger charge is -2.45. The Balaban J connectivity index is 0.966. The highest BCUT2D eigenvalue weighted by Gasteiger charge is 2.45. The molecule has 0 saturated heterocycles. The summed E-state index contributed by atoms with van der Waals surface area (Å²) in [7, 11) is 0. The number of benzene rings is 17. The number of rotatable bonds is 11. The van der Waals surface area contributed by atoms with Crippen molar-refractivity contribution in [3.63, 3.8) is 0 Å². The van der Waals surface area contributed by atoms with E-state index in [1.165, 1.54) is 92.2 Å². The fraction of sp³-hybridized carbons (Fsp3) is 0.0816. The summed E-state index contributed by atoms with van der Waals surface area (Å²) in [5.74, 6) is 0. The van der Waals surface area contributed by atoms with E-state index in [0.717, 1.165) is 85.3 Å². The summed E-state index contributed by atoms with van der Waals surface area (Å²) in [5, 5.41) is 14.7. The summed E-state index contributed by atoms with van der Waals surface area (Å²) < 4.78 is 0.